The lowest BCUT2D eigenvalue weighted by Crippen LogP contribution is -2.39. The lowest BCUT2D eigenvalue weighted by atomic mass is 9.98. The normalized spacial score (nSPS) is 12.8. The second-order valence-electron chi connectivity index (χ2n) is 10.6. The van der Waals surface area contributed by atoms with Crippen molar-refractivity contribution in [2.45, 2.75) is 65.1 Å². The van der Waals surface area contributed by atoms with Gasteiger partial charge in [-0.2, -0.15) is 0 Å². The van der Waals surface area contributed by atoms with Crippen molar-refractivity contribution in [1.29, 1.82) is 0 Å². The first-order valence-electron chi connectivity index (χ1n) is 13.6. The Labute approximate surface area is 233 Å². The number of aromatic nitrogens is 5. The molecule has 0 amide bonds. The van der Waals surface area contributed by atoms with Gasteiger partial charge >= 0.3 is 0 Å². The summed E-state index contributed by atoms with van der Waals surface area (Å²) in [5, 5.41) is 16.3. The molecule has 7 nitrogen and oxygen atoms in total. The molecule has 8 heteroatoms. The van der Waals surface area contributed by atoms with E-state index in [1.54, 1.807) is 11.3 Å². The average Bonchev–Trinajstić information content (AvgIpc) is 3.65. The number of benzene rings is 2. The average molecular weight is 541 g/mol. The van der Waals surface area contributed by atoms with Gasteiger partial charge in [0.1, 0.15) is 6.04 Å². The van der Waals surface area contributed by atoms with Crippen LogP contribution < -0.4 is 5.56 Å². The molecule has 5 aromatic rings. The maximum Gasteiger partial charge on any atom is 0.253 e. The van der Waals surface area contributed by atoms with E-state index >= 15 is 0 Å². The van der Waals surface area contributed by atoms with Crippen LogP contribution in [0.3, 0.4) is 0 Å². The van der Waals surface area contributed by atoms with Gasteiger partial charge in [0.15, 0.2) is 5.82 Å². The Morgan fingerprint density at radius 1 is 1.03 bits per heavy atom. The van der Waals surface area contributed by atoms with Crippen molar-refractivity contribution in [2.24, 2.45) is 0 Å². The molecule has 0 aliphatic heterocycles. The van der Waals surface area contributed by atoms with Gasteiger partial charge in [0, 0.05) is 29.0 Å². The van der Waals surface area contributed by atoms with Crippen molar-refractivity contribution in [2.75, 3.05) is 6.54 Å². The Morgan fingerprint density at radius 3 is 2.56 bits per heavy atom. The summed E-state index contributed by atoms with van der Waals surface area (Å²) in [5.41, 5.74) is 3.54. The van der Waals surface area contributed by atoms with Crippen molar-refractivity contribution < 1.29 is 0 Å². The third-order valence-electron chi connectivity index (χ3n) is 7.65. The highest BCUT2D eigenvalue weighted by molar-refractivity contribution is 7.09. The van der Waals surface area contributed by atoms with Crippen LogP contribution in [0.15, 0.2) is 76.9 Å². The third kappa shape index (κ3) is 5.87. The van der Waals surface area contributed by atoms with E-state index < -0.39 is 6.04 Å². The molecule has 0 fully saturated rings. The van der Waals surface area contributed by atoms with Crippen molar-refractivity contribution in [3.05, 3.63) is 110 Å². The first-order valence-corrected chi connectivity index (χ1v) is 14.5. The van der Waals surface area contributed by atoms with E-state index in [0.29, 0.717) is 17.9 Å². The summed E-state index contributed by atoms with van der Waals surface area (Å²) in [5.74, 6) is 0.683. The summed E-state index contributed by atoms with van der Waals surface area (Å²) in [6, 6.07) is 22.5. The zero-order valence-electron chi connectivity index (χ0n) is 23.1. The number of nitrogens with one attached hydrogen (secondary N) is 1. The molecule has 2 aromatic carbocycles. The molecule has 3 aromatic heterocycles. The number of H-pyrrole nitrogens is 1. The molecule has 39 heavy (non-hydrogen) atoms. The Kier molecular flexibility index (Phi) is 8.04. The molecule has 0 spiro atoms. The quantitative estimate of drug-likeness (QED) is 0.218. The summed E-state index contributed by atoms with van der Waals surface area (Å²) < 4.78 is 1.91. The first kappa shape index (κ1) is 27.0. The van der Waals surface area contributed by atoms with Crippen LogP contribution in [0, 0.1) is 0 Å². The Bertz CT molecular complexity index is 1570. The number of pyridine rings is 1. The van der Waals surface area contributed by atoms with E-state index in [0.717, 1.165) is 36.7 Å². The number of aryl methyl sites for hydroxylation is 1. The van der Waals surface area contributed by atoms with E-state index in [2.05, 4.69) is 107 Å². The van der Waals surface area contributed by atoms with Crippen LogP contribution in [0.25, 0.3) is 10.9 Å². The molecule has 0 aliphatic rings. The minimum absolute atomic E-state index is 0.114. The largest absolute Gasteiger partial charge is 0.322 e. The number of fused-ring (bicyclic) bond motifs is 1. The Balaban J connectivity index is 1.69. The maximum atomic E-state index is 13.8. The molecule has 0 aliphatic carbocycles. The molecule has 0 saturated heterocycles. The fraction of sp³-hybridized carbons (Fsp3) is 0.355. The molecule has 0 radical (unpaired) electrons. The molecule has 1 atom stereocenters. The van der Waals surface area contributed by atoms with Gasteiger partial charge in [0.2, 0.25) is 0 Å². The van der Waals surface area contributed by atoms with Crippen LogP contribution >= 0.6 is 11.3 Å². The molecule has 0 saturated carbocycles. The Morgan fingerprint density at radius 2 is 1.85 bits per heavy atom. The topological polar surface area (TPSA) is 79.7 Å². The lowest BCUT2D eigenvalue weighted by Gasteiger charge is -2.33. The molecular weight excluding hydrogens is 504 g/mol. The number of tetrazole rings is 1. The van der Waals surface area contributed by atoms with Crippen LogP contribution in [0.1, 0.15) is 67.5 Å². The highest BCUT2D eigenvalue weighted by atomic mass is 32.1. The molecular formula is C31H36N6OS. The molecule has 3 heterocycles. The van der Waals surface area contributed by atoms with Crippen LogP contribution in [-0.2, 0) is 24.9 Å². The van der Waals surface area contributed by atoms with Crippen LogP contribution in [0.2, 0.25) is 0 Å². The predicted octanol–water partition coefficient (Wildman–Crippen LogP) is 6.12. The summed E-state index contributed by atoms with van der Waals surface area (Å²) in [6.45, 7) is 9.96. The third-order valence-corrected chi connectivity index (χ3v) is 8.51. The van der Waals surface area contributed by atoms with Crippen LogP contribution in [0.5, 0.6) is 0 Å². The second-order valence-corrected chi connectivity index (χ2v) is 11.7. The van der Waals surface area contributed by atoms with E-state index in [1.807, 2.05) is 22.9 Å². The maximum absolute atomic E-state index is 13.8. The first-order chi connectivity index (χ1) is 18.9. The fourth-order valence-corrected chi connectivity index (χ4v) is 5.69. The van der Waals surface area contributed by atoms with E-state index in [-0.39, 0.29) is 11.1 Å². The van der Waals surface area contributed by atoms with Gasteiger partial charge in [-0.15, -0.1) is 16.4 Å². The highest BCUT2D eigenvalue weighted by Gasteiger charge is 2.34. The van der Waals surface area contributed by atoms with E-state index in [4.69, 9.17) is 0 Å². The lowest BCUT2D eigenvalue weighted by molar-refractivity contribution is 0.191. The summed E-state index contributed by atoms with van der Waals surface area (Å²) in [6.07, 6.45) is 2.62. The van der Waals surface area contributed by atoms with E-state index in [9.17, 15) is 4.79 Å². The van der Waals surface area contributed by atoms with Gasteiger partial charge in [-0.25, -0.2) is 4.68 Å². The standard InChI is InChI=1S/C31H36N6OS/c1-5-22-14-15-27-24(19-22)20-26(30(38)32-27)28(29-33-34-35-37(29)31(3,4)6-2)36(21-25-13-10-18-39-25)17-16-23-11-8-7-9-12-23/h7-15,18-20,28H,5-6,16-17,21H2,1-4H3,(H,32,38)/t28-/m1/s1. The summed E-state index contributed by atoms with van der Waals surface area (Å²) in [4.78, 5) is 20.5. The fourth-order valence-electron chi connectivity index (χ4n) is 4.96. The number of nitrogens with zero attached hydrogens (tertiary/aromatic N) is 5. The number of aromatic amines is 1. The highest BCUT2D eigenvalue weighted by Crippen LogP contribution is 2.32. The van der Waals surface area contributed by atoms with Gasteiger partial charge in [0.05, 0.1) is 5.54 Å². The zero-order chi connectivity index (χ0) is 27.4. The zero-order valence-corrected chi connectivity index (χ0v) is 23.9. The molecule has 0 bridgehead atoms. The molecule has 0 unspecified atom stereocenters. The van der Waals surface area contributed by atoms with Gasteiger partial charge in [-0.1, -0.05) is 56.3 Å². The van der Waals surface area contributed by atoms with Gasteiger partial charge in [-0.3, -0.25) is 9.69 Å². The summed E-state index contributed by atoms with van der Waals surface area (Å²) in [7, 11) is 0. The minimum atomic E-state index is -0.435. The smallest absolute Gasteiger partial charge is 0.253 e. The monoisotopic (exact) mass is 540 g/mol. The number of rotatable bonds is 11. The van der Waals surface area contributed by atoms with Crippen molar-refractivity contribution in [3.63, 3.8) is 0 Å². The number of hydrogen-bond donors (Lipinski definition) is 1. The van der Waals surface area contributed by atoms with Gasteiger partial charge in [0.25, 0.3) is 5.56 Å². The molecule has 1 N–H and O–H groups in total. The van der Waals surface area contributed by atoms with Crippen LogP contribution in [0.4, 0.5) is 0 Å². The van der Waals surface area contributed by atoms with Gasteiger partial charge in [-0.05, 0) is 89.7 Å². The second kappa shape index (κ2) is 11.6. The predicted molar refractivity (Wildman–Crippen MR) is 158 cm³/mol. The van der Waals surface area contributed by atoms with Crippen molar-refractivity contribution in [3.8, 4) is 0 Å². The van der Waals surface area contributed by atoms with E-state index in [1.165, 1.54) is 16.0 Å². The number of hydrogen-bond acceptors (Lipinski definition) is 6. The summed E-state index contributed by atoms with van der Waals surface area (Å²) >= 11 is 1.72. The molecule has 202 valence electrons. The van der Waals surface area contributed by atoms with Crippen molar-refractivity contribution >= 4 is 22.2 Å². The van der Waals surface area contributed by atoms with Crippen LogP contribution in [-0.4, -0.2) is 36.6 Å². The minimum Gasteiger partial charge on any atom is -0.322 e. The number of thiophene rings is 1. The Hall–Kier alpha value is -3.62. The SMILES string of the molecule is CCc1ccc2[nH]c(=O)c([C@H](c3nnnn3C(C)(C)CC)N(CCc3ccccc3)Cc3cccs3)cc2c1. The van der Waals surface area contributed by atoms with Crippen molar-refractivity contribution in [1.82, 2.24) is 30.1 Å². The molecule has 5 rings (SSSR count). The van der Waals surface area contributed by atoms with Gasteiger partial charge < -0.3 is 4.98 Å².